The molecular formula is C17H21FN2O. The zero-order chi connectivity index (χ0) is 15.2. The first-order valence-electron chi connectivity index (χ1n) is 7.21. The number of aryl methyl sites for hydroxylation is 3. The molecule has 2 aromatic rings. The van der Waals surface area contributed by atoms with Crippen LogP contribution in [0.4, 0.5) is 4.39 Å². The fraction of sp³-hybridized carbons (Fsp3) is 0.353. The molecule has 0 unspecified atom stereocenters. The molecule has 0 saturated heterocycles. The smallest absolute Gasteiger partial charge is 0.220 e. The summed E-state index contributed by atoms with van der Waals surface area (Å²) in [6.45, 7) is 5.45. The van der Waals surface area contributed by atoms with Crippen LogP contribution in [0.1, 0.15) is 23.4 Å². The van der Waals surface area contributed by atoms with Crippen LogP contribution in [0.25, 0.3) is 0 Å². The number of carbonyl (C=O) groups excluding carboxylic acids is 1. The van der Waals surface area contributed by atoms with Crippen molar-refractivity contribution in [2.75, 3.05) is 6.54 Å². The molecular weight excluding hydrogens is 267 g/mol. The fourth-order valence-corrected chi connectivity index (χ4v) is 2.40. The van der Waals surface area contributed by atoms with Gasteiger partial charge in [-0.15, -0.1) is 0 Å². The van der Waals surface area contributed by atoms with Gasteiger partial charge < -0.3 is 9.88 Å². The molecule has 112 valence electrons. The second-order valence-electron chi connectivity index (χ2n) is 5.21. The summed E-state index contributed by atoms with van der Waals surface area (Å²) in [5, 5.41) is 2.88. The van der Waals surface area contributed by atoms with Gasteiger partial charge in [0.15, 0.2) is 0 Å². The third kappa shape index (κ3) is 4.18. The predicted octanol–water partition coefficient (Wildman–Crippen LogP) is 2.99. The van der Waals surface area contributed by atoms with E-state index in [9.17, 15) is 9.18 Å². The summed E-state index contributed by atoms with van der Waals surface area (Å²) in [6.07, 6.45) is 0.741. The Morgan fingerprint density at radius 1 is 1.14 bits per heavy atom. The number of halogens is 1. The van der Waals surface area contributed by atoms with Crippen LogP contribution in [0.5, 0.6) is 0 Å². The maximum Gasteiger partial charge on any atom is 0.220 e. The minimum atomic E-state index is -0.246. The number of hydrogen-bond acceptors (Lipinski definition) is 1. The molecule has 0 atom stereocenters. The molecule has 4 heteroatoms. The summed E-state index contributed by atoms with van der Waals surface area (Å²) in [5.41, 5.74) is 2.96. The molecule has 21 heavy (non-hydrogen) atoms. The topological polar surface area (TPSA) is 34.0 Å². The molecule has 1 amide bonds. The Kier molecular flexibility index (Phi) is 5.14. The Morgan fingerprint density at radius 3 is 2.48 bits per heavy atom. The van der Waals surface area contributed by atoms with Crippen molar-refractivity contribution in [3.63, 3.8) is 0 Å². The molecule has 0 saturated carbocycles. The van der Waals surface area contributed by atoms with Crippen molar-refractivity contribution < 1.29 is 9.18 Å². The lowest BCUT2D eigenvalue weighted by molar-refractivity contribution is -0.121. The van der Waals surface area contributed by atoms with Gasteiger partial charge in [0.05, 0.1) is 0 Å². The summed E-state index contributed by atoms with van der Waals surface area (Å²) in [7, 11) is 0. The Bertz CT molecular complexity index is 600. The van der Waals surface area contributed by atoms with Crippen molar-refractivity contribution in [1.82, 2.24) is 9.88 Å². The largest absolute Gasteiger partial charge is 0.354 e. The average molecular weight is 288 g/mol. The maximum absolute atomic E-state index is 13.4. The van der Waals surface area contributed by atoms with Gasteiger partial charge in [-0.25, -0.2) is 4.39 Å². The molecule has 1 heterocycles. The minimum absolute atomic E-state index is 0.0410. The summed E-state index contributed by atoms with van der Waals surface area (Å²) >= 11 is 0. The van der Waals surface area contributed by atoms with Crippen molar-refractivity contribution in [2.24, 2.45) is 0 Å². The highest BCUT2D eigenvalue weighted by Crippen LogP contribution is 2.09. The van der Waals surface area contributed by atoms with Gasteiger partial charge in [0.25, 0.3) is 0 Å². The molecule has 0 bridgehead atoms. The monoisotopic (exact) mass is 288 g/mol. The van der Waals surface area contributed by atoms with Crippen LogP contribution in [0.3, 0.4) is 0 Å². The number of rotatable bonds is 6. The van der Waals surface area contributed by atoms with E-state index in [1.807, 2.05) is 13.8 Å². The summed E-state index contributed by atoms with van der Waals surface area (Å²) in [6, 6.07) is 10.7. The molecule has 0 aliphatic heterocycles. The van der Waals surface area contributed by atoms with Crippen LogP contribution >= 0.6 is 0 Å². The number of benzene rings is 1. The minimum Gasteiger partial charge on any atom is -0.354 e. The van der Waals surface area contributed by atoms with Crippen LogP contribution in [-0.4, -0.2) is 17.0 Å². The normalized spacial score (nSPS) is 10.6. The number of carbonyl (C=O) groups is 1. The summed E-state index contributed by atoms with van der Waals surface area (Å²) < 4.78 is 15.6. The number of amides is 1. The predicted molar refractivity (Wildman–Crippen MR) is 81.6 cm³/mol. The number of nitrogens with zero attached hydrogens (tertiary/aromatic N) is 1. The Morgan fingerprint density at radius 2 is 1.81 bits per heavy atom. The van der Waals surface area contributed by atoms with Gasteiger partial charge in [0.1, 0.15) is 5.82 Å². The van der Waals surface area contributed by atoms with E-state index < -0.39 is 0 Å². The molecule has 0 aliphatic carbocycles. The molecule has 1 aromatic carbocycles. The first-order valence-corrected chi connectivity index (χ1v) is 7.21. The van der Waals surface area contributed by atoms with Crippen molar-refractivity contribution in [1.29, 1.82) is 0 Å². The van der Waals surface area contributed by atoms with E-state index in [0.717, 1.165) is 6.54 Å². The molecule has 0 fully saturated rings. The highest BCUT2D eigenvalue weighted by Gasteiger charge is 2.06. The van der Waals surface area contributed by atoms with Gasteiger partial charge in [-0.05, 0) is 44.0 Å². The lowest BCUT2D eigenvalue weighted by Crippen LogP contribution is -2.27. The molecule has 0 aliphatic rings. The Hall–Kier alpha value is -2.10. The van der Waals surface area contributed by atoms with Gasteiger partial charge in [0, 0.05) is 30.9 Å². The maximum atomic E-state index is 13.4. The molecule has 1 aromatic heterocycles. The van der Waals surface area contributed by atoms with Gasteiger partial charge >= 0.3 is 0 Å². The first-order chi connectivity index (χ1) is 10.1. The van der Waals surface area contributed by atoms with Crippen LogP contribution in [0.2, 0.25) is 0 Å². The highest BCUT2D eigenvalue weighted by molar-refractivity contribution is 5.76. The van der Waals surface area contributed by atoms with Crippen LogP contribution in [0.15, 0.2) is 36.4 Å². The zero-order valence-corrected chi connectivity index (χ0v) is 12.5. The van der Waals surface area contributed by atoms with Crippen LogP contribution < -0.4 is 5.32 Å². The number of aromatic nitrogens is 1. The Labute approximate surface area is 124 Å². The standard InChI is InChI=1S/C17H21FN2O/c1-13-7-8-14(2)20(13)12-11-19-17(21)10-9-15-5-3-4-6-16(15)18/h3-8H,9-12H2,1-2H3,(H,19,21). The van der Waals surface area contributed by atoms with E-state index in [1.54, 1.807) is 18.2 Å². The number of hydrogen-bond donors (Lipinski definition) is 1. The van der Waals surface area contributed by atoms with E-state index in [4.69, 9.17) is 0 Å². The van der Waals surface area contributed by atoms with E-state index in [-0.39, 0.29) is 11.7 Å². The molecule has 3 nitrogen and oxygen atoms in total. The van der Waals surface area contributed by atoms with Crippen molar-refractivity contribution >= 4 is 5.91 Å². The second kappa shape index (κ2) is 7.07. The number of nitrogens with one attached hydrogen (secondary N) is 1. The van der Waals surface area contributed by atoms with Gasteiger partial charge in [-0.2, -0.15) is 0 Å². The third-order valence-electron chi connectivity index (χ3n) is 3.65. The molecule has 2 rings (SSSR count). The van der Waals surface area contributed by atoms with Crippen molar-refractivity contribution in [3.8, 4) is 0 Å². The van der Waals surface area contributed by atoms with Gasteiger partial charge in [0.2, 0.25) is 5.91 Å². The quantitative estimate of drug-likeness (QED) is 0.871. The lowest BCUT2D eigenvalue weighted by Gasteiger charge is -2.10. The highest BCUT2D eigenvalue weighted by atomic mass is 19.1. The molecule has 0 radical (unpaired) electrons. The Balaban J connectivity index is 1.74. The van der Waals surface area contributed by atoms with Crippen molar-refractivity contribution in [2.45, 2.75) is 33.2 Å². The first kappa shape index (κ1) is 15.3. The van der Waals surface area contributed by atoms with Gasteiger partial charge in [-0.3, -0.25) is 4.79 Å². The second-order valence-corrected chi connectivity index (χ2v) is 5.21. The summed E-state index contributed by atoms with van der Waals surface area (Å²) in [4.78, 5) is 11.8. The van der Waals surface area contributed by atoms with E-state index in [0.29, 0.717) is 24.9 Å². The van der Waals surface area contributed by atoms with Crippen LogP contribution in [-0.2, 0) is 17.8 Å². The fourth-order valence-electron chi connectivity index (χ4n) is 2.40. The SMILES string of the molecule is Cc1ccc(C)n1CCNC(=O)CCc1ccccc1F. The molecule has 1 N–H and O–H groups in total. The lowest BCUT2D eigenvalue weighted by atomic mass is 10.1. The zero-order valence-electron chi connectivity index (χ0n) is 12.5. The van der Waals surface area contributed by atoms with Gasteiger partial charge in [-0.1, -0.05) is 18.2 Å². The molecule has 0 spiro atoms. The summed E-state index contributed by atoms with van der Waals surface area (Å²) in [5.74, 6) is -0.287. The van der Waals surface area contributed by atoms with E-state index in [2.05, 4.69) is 22.0 Å². The van der Waals surface area contributed by atoms with E-state index >= 15 is 0 Å². The van der Waals surface area contributed by atoms with Crippen molar-refractivity contribution in [3.05, 3.63) is 59.2 Å². The van der Waals surface area contributed by atoms with Crippen LogP contribution in [0, 0.1) is 19.7 Å². The third-order valence-corrected chi connectivity index (χ3v) is 3.65. The van der Waals surface area contributed by atoms with E-state index in [1.165, 1.54) is 17.5 Å². The average Bonchev–Trinajstić information content (AvgIpc) is 2.78.